The number of aromatic carboxylic acids is 1. The second kappa shape index (κ2) is 4.81. The second-order valence-corrected chi connectivity index (χ2v) is 5.80. The summed E-state index contributed by atoms with van der Waals surface area (Å²) in [7, 11) is 0. The molecule has 4 heteroatoms. The summed E-state index contributed by atoms with van der Waals surface area (Å²) in [4.78, 5) is 11.1. The summed E-state index contributed by atoms with van der Waals surface area (Å²) in [6.45, 7) is 5.24. The summed E-state index contributed by atoms with van der Waals surface area (Å²) in [6, 6.07) is 4.83. The minimum absolute atomic E-state index is 0.277. The third-order valence-corrected chi connectivity index (χ3v) is 4.19. The zero-order chi connectivity index (χ0) is 13.3. The van der Waals surface area contributed by atoms with Gasteiger partial charge in [-0.3, -0.25) is 0 Å². The van der Waals surface area contributed by atoms with Crippen LogP contribution in [0.5, 0.6) is 0 Å². The smallest absolute Gasteiger partial charge is 0.337 e. The highest BCUT2D eigenvalue weighted by Gasteiger charge is 2.45. The molecule has 1 saturated carbocycles. The van der Waals surface area contributed by atoms with E-state index in [0.29, 0.717) is 22.0 Å². The first-order valence-corrected chi connectivity index (χ1v) is 6.59. The lowest BCUT2D eigenvalue weighted by Gasteiger charge is -2.21. The molecule has 0 radical (unpaired) electrons. The van der Waals surface area contributed by atoms with E-state index in [1.54, 1.807) is 18.2 Å². The Morgan fingerprint density at radius 3 is 2.67 bits per heavy atom. The van der Waals surface area contributed by atoms with Gasteiger partial charge in [0.2, 0.25) is 0 Å². The van der Waals surface area contributed by atoms with E-state index in [9.17, 15) is 4.79 Å². The molecule has 18 heavy (non-hydrogen) atoms. The van der Waals surface area contributed by atoms with Gasteiger partial charge in [-0.2, -0.15) is 0 Å². The van der Waals surface area contributed by atoms with Crippen LogP contribution in [0.4, 0.5) is 5.69 Å². The summed E-state index contributed by atoms with van der Waals surface area (Å²) in [6.07, 6.45) is 2.42. The zero-order valence-electron chi connectivity index (χ0n) is 10.7. The number of carbonyl (C=O) groups is 1. The van der Waals surface area contributed by atoms with Gasteiger partial charge in [-0.25, -0.2) is 4.79 Å². The molecular formula is C14H18ClNO2. The number of carboxylic acid groups (broad SMARTS) is 1. The minimum Gasteiger partial charge on any atom is -0.478 e. The van der Waals surface area contributed by atoms with E-state index in [-0.39, 0.29) is 5.56 Å². The number of anilines is 1. The van der Waals surface area contributed by atoms with E-state index in [4.69, 9.17) is 16.7 Å². The number of hydrogen-bond donors (Lipinski definition) is 2. The molecule has 2 rings (SSSR count). The Hall–Kier alpha value is -1.22. The molecular weight excluding hydrogens is 250 g/mol. The van der Waals surface area contributed by atoms with Gasteiger partial charge in [0.25, 0.3) is 0 Å². The van der Waals surface area contributed by atoms with Crippen molar-refractivity contribution in [3.8, 4) is 0 Å². The standard InChI is InChI=1S/C14H18ClNO2/c1-9(2)14(5-6-14)8-16-12-7-10(15)3-4-11(12)13(17)18/h3-4,7,9,16H,5-6,8H2,1-2H3,(H,17,18). The molecule has 2 N–H and O–H groups in total. The van der Waals surface area contributed by atoms with Crippen LogP contribution in [-0.2, 0) is 0 Å². The number of hydrogen-bond acceptors (Lipinski definition) is 2. The molecule has 0 bridgehead atoms. The molecule has 1 aliphatic rings. The summed E-state index contributed by atoms with van der Waals surface area (Å²) >= 11 is 5.92. The first kappa shape index (κ1) is 13.2. The van der Waals surface area contributed by atoms with Gasteiger partial charge in [-0.1, -0.05) is 25.4 Å². The Morgan fingerprint density at radius 2 is 2.17 bits per heavy atom. The summed E-state index contributed by atoms with van der Waals surface area (Å²) in [5.74, 6) is -0.318. The maximum atomic E-state index is 11.1. The van der Waals surface area contributed by atoms with Crippen LogP contribution in [0.15, 0.2) is 18.2 Å². The van der Waals surface area contributed by atoms with Crippen molar-refractivity contribution in [2.45, 2.75) is 26.7 Å². The van der Waals surface area contributed by atoms with E-state index >= 15 is 0 Å². The van der Waals surface area contributed by atoms with Crippen LogP contribution in [0.2, 0.25) is 5.02 Å². The van der Waals surface area contributed by atoms with Crippen molar-refractivity contribution in [2.24, 2.45) is 11.3 Å². The molecule has 98 valence electrons. The fraction of sp³-hybridized carbons (Fsp3) is 0.500. The number of rotatable bonds is 5. The Labute approximate surface area is 112 Å². The van der Waals surface area contributed by atoms with Gasteiger partial charge >= 0.3 is 5.97 Å². The normalized spacial score (nSPS) is 16.7. The maximum absolute atomic E-state index is 11.1. The van der Waals surface area contributed by atoms with Crippen molar-refractivity contribution >= 4 is 23.3 Å². The van der Waals surface area contributed by atoms with Crippen molar-refractivity contribution < 1.29 is 9.90 Å². The van der Waals surface area contributed by atoms with E-state index in [1.807, 2.05) is 0 Å². The molecule has 0 aromatic heterocycles. The van der Waals surface area contributed by atoms with E-state index in [2.05, 4.69) is 19.2 Å². The van der Waals surface area contributed by atoms with Gasteiger partial charge in [-0.15, -0.1) is 0 Å². The van der Waals surface area contributed by atoms with E-state index in [0.717, 1.165) is 6.54 Å². The van der Waals surface area contributed by atoms with Crippen LogP contribution in [0.1, 0.15) is 37.0 Å². The lowest BCUT2D eigenvalue weighted by atomic mass is 9.92. The zero-order valence-corrected chi connectivity index (χ0v) is 11.4. The molecule has 1 aliphatic carbocycles. The van der Waals surface area contributed by atoms with Gasteiger partial charge in [0.05, 0.1) is 11.3 Å². The fourth-order valence-corrected chi connectivity index (χ4v) is 2.41. The predicted molar refractivity (Wildman–Crippen MR) is 73.4 cm³/mol. The van der Waals surface area contributed by atoms with Crippen molar-refractivity contribution in [3.05, 3.63) is 28.8 Å². The highest BCUT2D eigenvalue weighted by atomic mass is 35.5. The molecule has 3 nitrogen and oxygen atoms in total. The van der Waals surface area contributed by atoms with Crippen LogP contribution < -0.4 is 5.32 Å². The van der Waals surface area contributed by atoms with Gasteiger partial charge in [0.1, 0.15) is 0 Å². The Morgan fingerprint density at radius 1 is 1.50 bits per heavy atom. The molecule has 0 heterocycles. The van der Waals surface area contributed by atoms with Crippen molar-refractivity contribution in [1.82, 2.24) is 0 Å². The number of benzene rings is 1. The Bertz CT molecular complexity index is 467. The molecule has 1 aromatic rings. The summed E-state index contributed by atoms with van der Waals surface area (Å²) in [5, 5.41) is 12.9. The topological polar surface area (TPSA) is 49.3 Å². The summed E-state index contributed by atoms with van der Waals surface area (Å²) in [5.41, 5.74) is 1.22. The van der Waals surface area contributed by atoms with E-state index < -0.39 is 5.97 Å². The summed E-state index contributed by atoms with van der Waals surface area (Å²) < 4.78 is 0. The third kappa shape index (κ3) is 2.61. The number of carboxylic acids is 1. The Kier molecular flexibility index (Phi) is 3.53. The van der Waals surface area contributed by atoms with Crippen molar-refractivity contribution in [3.63, 3.8) is 0 Å². The van der Waals surface area contributed by atoms with Gasteiger partial charge in [0, 0.05) is 11.6 Å². The third-order valence-electron chi connectivity index (χ3n) is 3.96. The first-order chi connectivity index (χ1) is 8.44. The molecule has 1 fully saturated rings. The highest BCUT2D eigenvalue weighted by molar-refractivity contribution is 6.31. The average molecular weight is 268 g/mol. The average Bonchev–Trinajstić information content (AvgIpc) is 3.07. The largest absolute Gasteiger partial charge is 0.478 e. The van der Waals surface area contributed by atoms with E-state index in [1.165, 1.54) is 12.8 Å². The number of nitrogens with one attached hydrogen (secondary N) is 1. The molecule has 0 atom stereocenters. The lowest BCUT2D eigenvalue weighted by Crippen LogP contribution is -2.21. The quantitative estimate of drug-likeness (QED) is 0.851. The minimum atomic E-state index is -0.927. The van der Waals surface area contributed by atoms with Gasteiger partial charge in [0.15, 0.2) is 0 Å². The van der Waals surface area contributed by atoms with Crippen LogP contribution in [0.25, 0.3) is 0 Å². The van der Waals surface area contributed by atoms with Gasteiger partial charge < -0.3 is 10.4 Å². The molecule has 0 aliphatic heterocycles. The lowest BCUT2D eigenvalue weighted by molar-refractivity contribution is 0.0698. The number of halogens is 1. The van der Waals surface area contributed by atoms with Crippen molar-refractivity contribution in [2.75, 3.05) is 11.9 Å². The van der Waals surface area contributed by atoms with Crippen LogP contribution in [-0.4, -0.2) is 17.6 Å². The van der Waals surface area contributed by atoms with Crippen LogP contribution in [0, 0.1) is 11.3 Å². The Balaban J connectivity index is 2.14. The molecule has 0 spiro atoms. The van der Waals surface area contributed by atoms with Crippen LogP contribution in [0.3, 0.4) is 0 Å². The predicted octanol–water partition coefficient (Wildman–Crippen LogP) is 3.89. The molecule has 0 unspecified atom stereocenters. The van der Waals surface area contributed by atoms with Gasteiger partial charge in [-0.05, 0) is 42.4 Å². The highest BCUT2D eigenvalue weighted by Crippen LogP contribution is 2.51. The molecule has 1 aromatic carbocycles. The maximum Gasteiger partial charge on any atom is 0.337 e. The monoisotopic (exact) mass is 267 g/mol. The molecule has 0 amide bonds. The van der Waals surface area contributed by atoms with Crippen molar-refractivity contribution in [1.29, 1.82) is 0 Å². The molecule has 0 saturated heterocycles. The first-order valence-electron chi connectivity index (χ1n) is 6.21. The second-order valence-electron chi connectivity index (χ2n) is 5.37. The fourth-order valence-electron chi connectivity index (χ4n) is 2.24. The van der Waals surface area contributed by atoms with Crippen LogP contribution >= 0.6 is 11.6 Å². The SMILES string of the molecule is CC(C)C1(CNc2cc(Cl)ccc2C(=O)O)CC1.